The standard InChI is InChI=1S/C11H14ClFN2O2S/c12-9-3-8(5-14)11(13)10(4-9)18(16,17)15-6-7-1-2-7/h3-4,7,15H,1-2,5-6,14H2. The van der Waals surface area contributed by atoms with Gasteiger partial charge < -0.3 is 5.73 Å². The van der Waals surface area contributed by atoms with Crippen LogP contribution in [0.1, 0.15) is 18.4 Å². The monoisotopic (exact) mass is 292 g/mol. The van der Waals surface area contributed by atoms with E-state index in [1.54, 1.807) is 0 Å². The summed E-state index contributed by atoms with van der Waals surface area (Å²) in [6.07, 6.45) is 2.02. The van der Waals surface area contributed by atoms with Crippen molar-refractivity contribution in [1.82, 2.24) is 4.72 Å². The number of nitrogens with two attached hydrogens (primary N) is 1. The van der Waals surface area contributed by atoms with Gasteiger partial charge in [0.2, 0.25) is 10.0 Å². The summed E-state index contributed by atoms with van der Waals surface area (Å²) in [6, 6.07) is 2.43. The van der Waals surface area contributed by atoms with Crippen LogP contribution in [0.5, 0.6) is 0 Å². The SMILES string of the molecule is NCc1cc(Cl)cc(S(=O)(=O)NCC2CC2)c1F. The highest BCUT2D eigenvalue weighted by atomic mass is 35.5. The van der Waals surface area contributed by atoms with Crippen LogP contribution in [0.4, 0.5) is 4.39 Å². The molecule has 100 valence electrons. The minimum absolute atomic E-state index is 0.0919. The van der Waals surface area contributed by atoms with Gasteiger partial charge in [-0.1, -0.05) is 11.6 Å². The van der Waals surface area contributed by atoms with Crippen LogP contribution in [-0.4, -0.2) is 15.0 Å². The van der Waals surface area contributed by atoms with Gasteiger partial charge in [-0.05, 0) is 30.9 Å². The molecule has 0 bridgehead atoms. The van der Waals surface area contributed by atoms with E-state index >= 15 is 0 Å². The number of hydrogen-bond donors (Lipinski definition) is 2. The van der Waals surface area contributed by atoms with Crippen molar-refractivity contribution in [1.29, 1.82) is 0 Å². The molecule has 0 atom stereocenters. The van der Waals surface area contributed by atoms with Gasteiger partial charge >= 0.3 is 0 Å². The Balaban J connectivity index is 2.32. The average molecular weight is 293 g/mol. The maximum atomic E-state index is 13.9. The summed E-state index contributed by atoms with van der Waals surface area (Å²) < 4.78 is 40.2. The first-order valence-corrected chi connectivity index (χ1v) is 7.48. The van der Waals surface area contributed by atoms with Crippen LogP contribution in [-0.2, 0) is 16.6 Å². The zero-order valence-corrected chi connectivity index (χ0v) is 11.2. The summed E-state index contributed by atoms with van der Waals surface area (Å²) in [5.41, 5.74) is 5.44. The Kier molecular flexibility index (Phi) is 3.91. The van der Waals surface area contributed by atoms with Crippen LogP contribution in [0.3, 0.4) is 0 Å². The third-order valence-corrected chi connectivity index (χ3v) is 4.49. The van der Waals surface area contributed by atoms with Gasteiger partial charge in [-0.3, -0.25) is 0 Å². The Bertz CT molecular complexity index is 558. The number of nitrogens with one attached hydrogen (secondary N) is 1. The van der Waals surface area contributed by atoms with Crippen molar-refractivity contribution in [3.8, 4) is 0 Å². The van der Waals surface area contributed by atoms with E-state index in [1.807, 2.05) is 0 Å². The Morgan fingerprint density at radius 2 is 2.11 bits per heavy atom. The van der Waals surface area contributed by atoms with Crippen LogP contribution in [0.25, 0.3) is 0 Å². The van der Waals surface area contributed by atoms with Crippen molar-refractivity contribution in [3.05, 3.63) is 28.5 Å². The number of benzene rings is 1. The van der Waals surface area contributed by atoms with Crippen molar-refractivity contribution in [2.75, 3.05) is 6.54 Å². The summed E-state index contributed by atoms with van der Waals surface area (Å²) in [6.45, 7) is 0.240. The molecule has 18 heavy (non-hydrogen) atoms. The van der Waals surface area contributed by atoms with Crippen LogP contribution < -0.4 is 10.5 Å². The predicted octanol–water partition coefficient (Wildman–Crippen LogP) is 1.63. The number of sulfonamides is 1. The molecule has 1 aliphatic rings. The second kappa shape index (κ2) is 5.13. The number of hydrogen-bond acceptors (Lipinski definition) is 3. The van der Waals surface area contributed by atoms with Gasteiger partial charge in [0.15, 0.2) is 0 Å². The zero-order chi connectivity index (χ0) is 13.3. The molecule has 0 spiro atoms. The highest BCUT2D eigenvalue weighted by Crippen LogP contribution is 2.29. The van der Waals surface area contributed by atoms with Gasteiger partial charge in [0.05, 0.1) is 0 Å². The van der Waals surface area contributed by atoms with Crippen molar-refractivity contribution in [2.45, 2.75) is 24.3 Å². The maximum absolute atomic E-state index is 13.9. The summed E-state index contributed by atoms with van der Waals surface area (Å²) in [7, 11) is -3.87. The third-order valence-electron chi connectivity index (χ3n) is 2.85. The first-order valence-electron chi connectivity index (χ1n) is 5.61. The Morgan fingerprint density at radius 1 is 1.44 bits per heavy atom. The summed E-state index contributed by atoms with van der Waals surface area (Å²) in [5, 5.41) is 0.156. The number of halogens is 2. The lowest BCUT2D eigenvalue weighted by Crippen LogP contribution is -2.27. The quantitative estimate of drug-likeness (QED) is 0.866. The molecule has 1 aromatic carbocycles. The molecule has 0 heterocycles. The van der Waals surface area contributed by atoms with Gasteiger partial charge in [-0.15, -0.1) is 0 Å². The van der Waals surface area contributed by atoms with Crippen LogP contribution in [0.2, 0.25) is 5.02 Å². The summed E-state index contributed by atoms with van der Waals surface area (Å²) >= 11 is 5.77. The molecule has 0 unspecified atom stereocenters. The molecular weight excluding hydrogens is 279 g/mol. The van der Waals surface area contributed by atoms with E-state index in [-0.39, 0.29) is 17.1 Å². The molecule has 7 heteroatoms. The lowest BCUT2D eigenvalue weighted by molar-refractivity contribution is 0.548. The fraction of sp³-hybridized carbons (Fsp3) is 0.455. The van der Waals surface area contributed by atoms with Crippen molar-refractivity contribution in [3.63, 3.8) is 0 Å². The second-order valence-electron chi connectivity index (χ2n) is 4.38. The van der Waals surface area contributed by atoms with Crippen LogP contribution >= 0.6 is 11.6 Å². The molecule has 1 fully saturated rings. The van der Waals surface area contributed by atoms with E-state index in [0.29, 0.717) is 12.5 Å². The van der Waals surface area contributed by atoms with Crippen LogP contribution in [0, 0.1) is 11.7 Å². The molecular formula is C11H14ClFN2O2S. The van der Waals surface area contributed by atoms with Crippen molar-refractivity contribution >= 4 is 21.6 Å². The van der Waals surface area contributed by atoms with Gasteiger partial charge in [0.25, 0.3) is 0 Å². The molecule has 1 aliphatic carbocycles. The first kappa shape index (κ1) is 13.7. The van der Waals surface area contributed by atoms with Gasteiger partial charge in [-0.2, -0.15) is 0 Å². The number of rotatable bonds is 5. The molecule has 0 aliphatic heterocycles. The van der Waals surface area contributed by atoms with E-state index in [4.69, 9.17) is 17.3 Å². The van der Waals surface area contributed by atoms with Crippen molar-refractivity contribution < 1.29 is 12.8 Å². The second-order valence-corrected chi connectivity index (χ2v) is 6.55. The topological polar surface area (TPSA) is 72.2 Å². The van der Waals surface area contributed by atoms with Gasteiger partial charge in [-0.25, -0.2) is 17.5 Å². The maximum Gasteiger partial charge on any atom is 0.243 e. The predicted molar refractivity (Wildman–Crippen MR) is 67.2 cm³/mol. The fourth-order valence-corrected chi connectivity index (χ4v) is 3.15. The molecule has 0 saturated heterocycles. The molecule has 1 aromatic rings. The zero-order valence-electron chi connectivity index (χ0n) is 9.62. The van der Waals surface area contributed by atoms with Gasteiger partial charge in [0, 0.05) is 23.7 Å². The third kappa shape index (κ3) is 3.00. The molecule has 2 rings (SSSR count). The Morgan fingerprint density at radius 3 is 2.67 bits per heavy atom. The molecule has 0 amide bonds. The Labute approximate surface area is 110 Å². The highest BCUT2D eigenvalue weighted by Gasteiger charge is 2.26. The van der Waals surface area contributed by atoms with E-state index < -0.39 is 20.7 Å². The highest BCUT2D eigenvalue weighted by molar-refractivity contribution is 7.89. The van der Waals surface area contributed by atoms with E-state index in [9.17, 15) is 12.8 Å². The van der Waals surface area contributed by atoms with Gasteiger partial charge in [0.1, 0.15) is 10.7 Å². The minimum atomic E-state index is -3.87. The molecule has 4 nitrogen and oxygen atoms in total. The minimum Gasteiger partial charge on any atom is -0.326 e. The van der Waals surface area contributed by atoms with E-state index in [0.717, 1.165) is 18.9 Å². The lowest BCUT2D eigenvalue weighted by Gasteiger charge is -2.10. The van der Waals surface area contributed by atoms with Crippen molar-refractivity contribution in [2.24, 2.45) is 11.7 Å². The molecule has 3 N–H and O–H groups in total. The summed E-state index contributed by atoms with van der Waals surface area (Å²) in [5.74, 6) is -0.457. The summed E-state index contributed by atoms with van der Waals surface area (Å²) in [4.78, 5) is -0.434. The normalized spacial score (nSPS) is 15.9. The lowest BCUT2D eigenvalue weighted by atomic mass is 10.2. The Hall–Kier alpha value is -0.690. The van der Waals surface area contributed by atoms with E-state index in [1.165, 1.54) is 6.07 Å². The fourth-order valence-electron chi connectivity index (χ4n) is 1.59. The molecule has 1 saturated carbocycles. The molecule has 0 radical (unpaired) electrons. The molecule has 0 aromatic heterocycles. The average Bonchev–Trinajstić information content (AvgIpc) is 3.13. The van der Waals surface area contributed by atoms with E-state index in [2.05, 4.69) is 4.72 Å². The largest absolute Gasteiger partial charge is 0.326 e. The first-order chi connectivity index (χ1) is 8.44. The smallest absolute Gasteiger partial charge is 0.243 e. The van der Waals surface area contributed by atoms with Crippen LogP contribution in [0.15, 0.2) is 17.0 Å².